The van der Waals surface area contributed by atoms with Crippen molar-refractivity contribution >= 4 is 5.91 Å². The molecule has 0 saturated carbocycles. The lowest BCUT2D eigenvalue weighted by molar-refractivity contribution is -0.135. The SMILES string of the molecule is CC(CO)C(C)NC(=O)C1CNCCO1. The fraction of sp³-hybridized carbons (Fsp3) is 0.900. The molecule has 0 radical (unpaired) electrons. The van der Waals surface area contributed by atoms with Gasteiger partial charge in [-0.05, 0) is 12.8 Å². The summed E-state index contributed by atoms with van der Waals surface area (Å²) in [6.07, 6.45) is -0.396. The van der Waals surface area contributed by atoms with E-state index < -0.39 is 6.10 Å². The minimum Gasteiger partial charge on any atom is -0.396 e. The lowest BCUT2D eigenvalue weighted by Gasteiger charge is -2.26. The predicted molar refractivity (Wildman–Crippen MR) is 56.5 cm³/mol. The van der Waals surface area contributed by atoms with Gasteiger partial charge >= 0.3 is 0 Å². The number of hydrogen-bond donors (Lipinski definition) is 3. The fourth-order valence-corrected chi connectivity index (χ4v) is 1.35. The van der Waals surface area contributed by atoms with Gasteiger partial charge in [0.2, 0.25) is 0 Å². The van der Waals surface area contributed by atoms with Gasteiger partial charge in [0, 0.05) is 25.7 Å². The normalized spacial score (nSPS) is 25.7. The van der Waals surface area contributed by atoms with Crippen molar-refractivity contribution in [3.8, 4) is 0 Å². The largest absolute Gasteiger partial charge is 0.396 e. The number of rotatable bonds is 4. The topological polar surface area (TPSA) is 70.6 Å². The van der Waals surface area contributed by atoms with E-state index in [4.69, 9.17) is 9.84 Å². The van der Waals surface area contributed by atoms with Crippen molar-refractivity contribution in [1.29, 1.82) is 0 Å². The van der Waals surface area contributed by atoms with Crippen LogP contribution in [-0.4, -0.2) is 49.5 Å². The molecular weight excluding hydrogens is 196 g/mol. The van der Waals surface area contributed by atoms with Crippen molar-refractivity contribution in [3.05, 3.63) is 0 Å². The lowest BCUT2D eigenvalue weighted by Crippen LogP contribution is -2.51. The third kappa shape index (κ3) is 3.77. The van der Waals surface area contributed by atoms with Crippen LogP contribution in [0.4, 0.5) is 0 Å². The van der Waals surface area contributed by atoms with Crippen LogP contribution in [0.25, 0.3) is 0 Å². The highest BCUT2D eigenvalue weighted by atomic mass is 16.5. The molecule has 5 nitrogen and oxygen atoms in total. The van der Waals surface area contributed by atoms with Crippen molar-refractivity contribution in [1.82, 2.24) is 10.6 Å². The summed E-state index contributed by atoms with van der Waals surface area (Å²) in [4.78, 5) is 11.7. The van der Waals surface area contributed by atoms with E-state index in [1.54, 1.807) is 0 Å². The molecule has 0 bridgehead atoms. The first-order valence-corrected chi connectivity index (χ1v) is 5.38. The molecule has 1 rings (SSSR count). The summed E-state index contributed by atoms with van der Waals surface area (Å²) in [6, 6.07) is -0.0342. The summed E-state index contributed by atoms with van der Waals surface area (Å²) in [5.74, 6) is -0.0412. The molecule has 0 aliphatic carbocycles. The zero-order valence-electron chi connectivity index (χ0n) is 9.32. The molecule has 1 amide bonds. The number of aliphatic hydroxyl groups is 1. The summed E-state index contributed by atoms with van der Waals surface area (Å²) >= 11 is 0. The van der Waals surface area contributed by atoms with Gasteiger partial charge in [0.25, 0.3) is 5.91 Å². The maximum atomic E-state index is 11.7. The first-order chi connectivity index (χ1) is 7.15. The Hall–Kier alpha value is -0.650. The summed E-state index contributed by atoms with van der Waals surface area (Å²) in [6.45, 7) is 5.78. The van der Waals surface area contributed by atoms with Gasteiger partial charge < -0.3 is 20.5 Å². The van der Waals surface area contributed by atoms with E-state index in [-0.39, 0.29) is 24.5 Å². The molecule has 5 heteroatoms. The van der Waals surface area contributed by atoms with Crippen LogP contribution in [0.5, 0.6) is 0 Å². The number of aliphatic hydroxyl groups excluding tert-OH is 1. The number of ether oxygens (including phenoxy) is 1. The quantitative estimate of drug-likeness (QED) is 0.570. The fourth-order valence-electron chi connectivity index (χ4n) is 1.35. The standard InChI is InChI=1S/C10H20N2O3/c1-7(6-13)8(2)12-10(14)9-5-11-3-4-15-9/h7-9,11,13H,3-6H2,1-2H3,(H,12,14). The number of amides is 1. The first kappa shape index (κ1) is 12.4. The predicted octanol–water partition coefficient (Wildman–Crippen LogP) is -0.892. The van der Waals surface area contributed by atoms with Crippen molar-refractivity contribution in [2.45, 2.75) is 26.0 Å². The van der Waals surface area contributed by atoms with E-state index in [1.165, 1.54) is 0 Å². The molecular formula is C10H20N2O3. The Morgan fingerprint density at radius 1 is 1.67 bits per heavy atom. The number of morpholine rings is 1. The van der Waals surface area contributed by atoms with E-state index in [0.717, 1.165) is 6.54 Å². The Balaban J connectivity index is 2.33. The van der Waals surface area contributed by atoms with E-state index in [9.17, 15) is 4.79 Å². The van der Waals surface area contributed by atoms with Crippen LogP contribution in [-0.2, 0) is 9.53 Å². The number of hydrogen-bond acceptors (Lipinski definition) is 4. The average molecular weight is 216 g/mol. The monoisotopic (exact) mass is 216 g/mol. The molecule has 1 aliphatic rings. The first-order valence-electron chi connectivity index (χ1n) is 5.38. The Labute approximate surface area is 90.2 Å². The number of carbonyl (C=O) groups is 1. The van der Waals surface area contributed by atoms with Crippen molar-refractivity contribution in [3.63, 3.8) is 0 Å². The summed E-state index contributed by atoms with van der Waals surface area (Å²) in [5.41, 5.74) is 0. The molecule has 1 aliphatic heterocycles. The van der Waals surface area contributed by atoms with Crippen LogP contribution in [0, 0.1) is 5.92 Å². The van der Waals surface area contributed by atoms with Gasteiger partial charge in [-0.15, -0.1) is 0 Å². The minimum absolute atomic E-state index is 0.0342. The van der Waals surface area contributed by atoms with Gasteiger partial charge in [0.05, 0.1) is 6.61 Å². The molecule has 15 heavy (non-hydrogen) atoms. The zero-order valence-corrected chi connectivity index (χ0v) is 9.32. The number of carbonyl (C=O) groups excluding carboxylic acids is 1. The third-order valence-corrected chi connectivity index (χ3v) is 2.73. The summed E-state index contributed by atoms with van der Waals surface area (Å²) in [7, 11) is 0. The highest BCUT2D eigenvalue weighted by Gasteiger charge is 2.24. The molecule has 3 unspecified atom stereocenters. The third-order valence-electron chi connectivity index (χ3n) is 2.73. The van der Waals surface area contributed by atoms with Crippen LogP contribution in [0.2, 0.25) is 0 Å². The second-order valence-corrected chi connectivity index (χ2v) is 4.02. The van der Waals surface area contributed by atoms with Crippen LogP contribution in [0.3, 0.4) is 0 Å². The lowest BCUT2D eigenvalue weighted by atomic mass is 10.0. The van der Waals surface area contributed by atoms with Crippen molar-refractivity contribution in [2.24, 2.45) is 5.92 Å². The maximum Gasteiger partial charge on any atom is 0.250 e. The second kappa shape index (κ2) is 6.05. The van der Waals surface area contributed by atoms with Crippen molar-refractivity contribution in [2.75, 3.05) is 26.3 Å². The zero-order chi connectivity index (χ0) is 11.3. The second-order valence-electron chi connectivity index (χ2n) is 4.02. The van der Waals surface area contributed by atoms with Gasteiger partial charge in [-0.25, -0.2) is 0 Å². The summed E-state index contributed by atoms with van der Waals surface area (Å²) < 4.78 is 5.32. The van der Waals surface area contributed by atoms with E-state index in [2.05, 4.69) is 10.6 Å². The van der Waals surface area contributed by atoms with E-state index in [1.807, 2.05) is 13.8 Å². The number of nitrogens with one attached hydrogen (secondary N) is 2. The van der Waals surface area contributed by atoms with Crippen LogP contribution < -0.4 is 10.6 Å². The Morgan fingerprint density at radius 2 is 2.40 bits per heavy atom. The smallest absolute Gasteiger partial charge is 0.250 e. The Bertz CT molecular complexity index is 205. The molecule has 1 heterocycles. The maximum absolute atomic E-state index is 11.7. The van der Waals surface area contributed by atoms with Gasteiger partial charge in [-0.3, -0.25) is 4.79 Å². The van der Waals surface area contributed by atoms with Crippen LogP contribution in [0.15, 0.2) is 0 Å². The highest BCUT2D eigenvalue weighted by Crippen LogP contribution is 2.03. The average Bonchev–Trinajstić information content (AvgIpc) is 2.29. The molecule has 88 valence electrons. The highest BCUT2D eigenvalue weighted by molar-refractivity contribution is 5.81. The molecule has 0 aromatic carbocycles. The van der Waals surface area contributed by atoms with E-state index >= 15 is 0 Å². The van der Waals surface area contributed by atoms with Crippen LogP contribution >= 0.6 is 0 Å². The minimum atomic E-state index is -0.396. The summed E-state index contributed by atoms with van der Waals surface area (Å²) in [5, 5.41) is 14.9. The van der Waals surface area contributed by atoms with Crippen molar-refractivity contribution < 1.29 is 14.6 Å². The molecule has 3 N–H and O–H groups in total. The molecule has 0 aromatic heterocycles. The van der Waals surface area contributed by atoms with Gasteiger partial charge in [0.1, 0.15) is 6.10 Å². The molecule has 0 aromatic rings. The van der Waals surface area contributed by atoms with Gasteiger partial charge in [-0.2, -0.15) is 0 Å². The molecule has 1 saturated heterocycles. The van der Waals surface area contributed by atoms with E-state index in [0.29, 0.717) is 13.2 Å². The Kier molecular flexibility index (Phi) is 5.01. The molecule has 0 spiro atoms. The molecule has 1 fully saturated rings. The van der Waals surface area contributed by atoms with Gasteiger partial charge in [0.15, 0.2) is 0 Å². The van der Waals surface area contributed by atoms with Crippen LogP contribution in [0.1, 0.15) is 13.8 Å². The Morgan fingerprint density at radius 3 is 2.93 bits per heavy atom. The molecule has 3 atom stereocenters. The van der Waals surface area contributed by atoms with Gasteiger partial charge in [-0.1, -0.05) is 6.92 Å².